The van der Waals surface area contributed by atoms with Gasteiger partial charge in [0, 0.05) is 0 Å². The highest BCUT2D eigenvalue weighted by atomic mass is 16.7. The minimum Gasteiger partial charge on any atom is -0.493 e. The standard InChI is InChI=1S/C17H18O6/c1-20-14-6-11(8-18)12(7-15(14)21-2)17(19)10-3-4-13-16(5-10)23-9-22-13/h3-7,17-19H,8-9H2,1-2H3. The molecule has 0 aliphatic carbocycles. The molecule has 0 saturated heterocycles. The number of fused-ring (bicyclic) bond motifs is 1. The quantitative estimate of drug-likeness (QED) is 0.878. The highest BCUT2D eigenvalue weighted by molar-refractivity contribution is 5.52. The van der Waals surface area contributed by atoms with E-state index >= 15 is 0 Å². The monoisotopic (exact) mass is 318 g/mol. The van der Waals surface area contributed by atoms with Gasteiger partial charge in [0.1, 0.15) is 6.10 Å². The molecule has 0 spiro atoms. The van der Waals surface area contributed by atoms with Gasteiger partial charge in [-0.2, -0.15) is 0 Å². The predicted molar refractivity (Wildman–Crippen MR) is 82.1 cm³/mol. The van der Waals surface area contributed by atoms with Crippen molar-refractivity contribution in [3.8, 4) is 23.0 Å². The van der Waals surface area contributed by atoms with Gasteiger partial charge in [-0.3, -0.25) is 0 Å². The van der Waals surface area contributed by atoms with E-state index in [1.807, 2.05) is 0 Å². The van der Waals surface area contributed by atoms with Crippen LogP contribution < -0.4 is 18.9 Å². The lowest BCUT2D eigenvalue weighted by molar-refractivity contribution is 0.173. The van der Waals surface area contributed by atoms with Crippen LogP contribution in [0.1, 0.15) is 22.8 Å². The van der Waals surface area contributed by atoms with E-state index in [-0.39, 0.29) is 13.4 Å². The van der Waals surface area contributed by atoms with Crippen LogP contribution in [0.3, 0.4) is 0 Å². The maximum atomic E-state index is 10.7. The van der Waals surface area contributed by atoms with E-state index in [9.17, 15) is 10.2 Å². The third kappa shape index (κ3) is 2.78. The zero-order chi connectivity index (χ0) is 16.4. The van der Waals surface area contributed by atoms with Gasteiger partial charge in [0.25, 0.3) is 0 Å². The zero-order valence-corrected chi connectivity index (χ0v) is 12.9. The summed E-state index contributed by atoms with van der Waals surface area (Å²) in [6.07, 6.45) is -0.938. The molecule has 1 heterocycles. The zero-order valence-electron chi connectivity index (χ0n) is 12.9. The molecule has 1 unspecified atom stereocenters. The minimum absolute atomic E-state index is 0.174. The number of rotatable bonds is 5. The molecule has 0 aromatic heterocycles. The Kier molecular flexibility index (Phi) is 4.27. The molecule has 2 N–H and O–H groups in total. The summed E-state index contributed by atoms with van der Waals surface area (Å²) in [7, 11) is 3.04. The van der Waals surface area contributed by atoms with Gasteiger partial charge in [-0.15, -0.1) is 0 Å². The van der Waals surface area contributed by atoms with Crippen LogP contribution in [-0.2, 0) is 6.61 Å². The van der Waals surface area contributed by atoms with Crippen LogP contribution in [0.15, 0.2) is 30.3 Å². The molecule has 1 aliphatic rings. The highest BCUT2D eigenvalue weighted by Crippen LogP contribution is 2.39. The van der Waals surface area contributed by atoms with E-state index in [4.69, 9.17) is 18.9 Å². The van der Waals surface area contributed by atoms with Gasteiger partial charge in [0.15, 0.2) is 23.0 Å². The van der Waals surface area contributed by atoms with E-state index < -0.39 is 6.10 Å². The van der Waals surface area contributed by atoms with Crippen LogP contribution in [0.25, 0.3) is 0 Å². The third-order valence-corrected chi connectivity index (χ3v) is 3.82. The average molecular weight is 318 g/mol. The maximum Gasteiger partial charge on any atom is 0.231 e. The second-order valence-corrected chi connectivity index (χ2v) is 5.08. The molecule has 6 heteroatoms. The van der Waals surface area contributed by atoms with Crippen LogP contribution in [0.4, 0.5) is 0 Å². The second-order valence-electron chi connectivity index (χ2n) is 5.08. The number of aliphatic hydroxyl groups is 2. The molecule has 1 aliphatic heterocycles. The molecule has 0 fully saturated rings. The van der Waals surface area contributed by atoms with Gasteiger partial charge in [-0.1, -0.05) is 6.07 Å². The highest BCUT2D eigenvalue weighted by Gasteiger charge is 2.21. The molecule has 122 valence electrons. The topological polar surface area (TPSA) is 77.4 Å². The fourth-order valence-corrected chi connectivity index (χ4v) is 2.59. The fraction of sp³-hybridized carbons (Fsp3) is 0.294. The first-order valence-electron chi connectivity index (χ1n) is 7.11. The van der Waals surface area contributed by atoms with E-state index in [2.05, 4.69) is 0 Å². The van der Waals surface area contributed by atoms with Gasteiger partial charge in [-0.25, -0.2) is 0 Å². The molecule has 2 aromatic carbocycles. The van der Waals surface area contributed by atoms with Gasteiger partial charge < -0.3 is 29.2 Å². The largest absolute Gasteiger partial charge is 0.493 e. The van der Waals surface area contributed by atoms with Crippen molar-refractivity contribution in [2.24, 2.45) is 0 Å². The van der Waals surface area contributed by atoms with Gasteiger partial charge >= 0.3 is 0 Å². The van der Waals surface area contributed by atoms with Crippen LogP contribution in [-0.4, -0.2) is 31.2 Å². The van der Waals surface area contributed by atoms with Crippen molar-refractivity contribution in [3.05, 3.63) is 47.0 Å². The predicted octanol–water partition coefficient (Wildman–Crippen LogP) is 2.01. The number of methoxy groups -OCH3 is 2. The van der Waals surface area contributed by atoms with Crippen molar-refractivity contribution in [2.75, 3.05) is 21.0 Å². The Balaban J connectivity index is 2.02. The molecule has 23 heavy (non-hydrogen) atoms. The van der Waals surface area contributed by atoms with Gasteiger partial charge in [-0.05, 0) is 41.0 Å². The minimum atomic E-state index is -0.938. The SMILES string of the molecule is COc1cc(CO)c(C(O)c2ccc3c(c2)OCO3)cc1OC. The van der Waals surface area contributed by atoms with Crippen LogP contribution in [0, 0.1) is 0 Å². The van der Waals surface area contributed by atoms with Crippen molar-refractivity contribution in [2.45, 2.75) is 12.7 Å². The Morgan fingerprint density at radius 3 is 2.43 bits per heavy atom. The van der Waals surface area contributed by atoms with Crippen LogP contribution >= 0.6 is 0 Å². The molecule has 0 bridgehead atoms. The summed E-state index contributed by atoms with van der Waals surface area (Å²) in [5, 5.41) is 20.3. The summed E-state index contributed by atoms with van der Waals surface area (Å²) in [5.74, 6) is 2.22. The second kappa shape index (κ2) is 6.36. The Morgan fingerprint density at radius 2 is 1.74 bits per heavy atom. The average Bonchev–Trinajstić information content (AvgIpc) is 3.07. The summed E-state index contributed by atoms with van der Waals surface area (Å²) >= 11 is 0. The first-order valence-corrected chi connectivity index (χ1v) is 7.11. The molecule has 3 rings (SSSR count). The van der Waals surface area contributed by atoms with Gasteiger partial charge in [0.05, 0.1) is 20.8 Å². The molecule has 0 amide bonds. The molecule has 6 nitrogen and oxygen atoms in total. The summed E-state index contributed by atoms with van der Waals surface area (Å²) in [5.41, 5.74) is 1.74. The Morgan fingerprint density at radius 1 is 1.04 bits per heavy atom. The van der Waals surface area contributed by atoms with Crippen LogP contribution in [0.5, 0.6) is 23.0 Å². The Hall–Kier alpha value is -2.44. The number of hydrogen-bond donors (Lipinski definition) is 2. The first-order chi connectivity index (χ1) is 11.2. The number of aliphatic hydroxyl groups excluding tert-OH is 2. The van der Waals surface area contributed by atoms with E-state index in [0.717, 1.165) is 0 Å². The van der Waals surface area contributed by atoms with Crippen molar-refractivity contribution in [3.63, 3.8) is 0 Å². The Labute approximate surface area is 133 Å². The molecule has 1 atom stereocenters. The lowest BCUT2D eigenvalue weighted by atomic mass is 9.96. The Bertz CT molecular complexity index is 712. The summed E-state index contributed by atoms with van der Waals surface area (Å²) in [4.78, 5) is 0. The van der Waals surface area contributed by atoms with E-state index in [0.29, 0.717) is 39.7 Å². The van der Waals surface area contributed by atoms with Gasteiger partial charge in [0.2, 0.25) is 6.79 Å². The molecule has 0 saturated carbocycles. The number of hydrogen-bond acceptors (Lipinski definition) is 6. The van der Waals surface area contributed by atoms with Crippen molar-refractivity contribution >= 4 is 0 Å². The number of ether oxygens (including phenoxy) is 4. The van der Waals surface area contributed by atoms with Crippen LogP contribution in [0.2, 0.25) is 0 Å². The fourth-order valence-electron chi connectivity index (χ4n) is 2.59. The third-order valence-electron chi connectivity index (χ3n) is 3.82. The summed E-state index contributed by atoms with van der Waals surface area (Å²) < 4.78 is 21.1. The lowest BCUT2D eigenvalue weighted by Crippen LogP contribution is -2.06. The number of benzene rings is 2. The summed E-state index contributed by atoms with van der Waals surface area (Å²) in [6, 6.07) is 8.56. The van der Waals surface area contributed by atoms with E-state index in [1.54, 1.807) is 30.3 Å². The van der Waals surface area contributed by atoms with E-state index in [1.165, 1.54) is 14.2 Å². The lowest BCUT2D eigenvalue weighted by Gasteiger charge is -2.18. The summed E-state index contributed by atoms with van der Waals surface area (Å²) in [6.45, 7) is -0.0512. The van der Waals surface area contributed by atoms with Crippen molar-refractivity contribution in [1.82, 2.24) is 0 Å². The maximum absolute atomic E-state index is 10.7. The molecule has 0 radical (unpaired) electrons. The normalized spacial score (nSPS) is 13.7. The smallest absolute Gasteiger partial charge is 0.231 e. The first kappa shape index (κ1) is 15.5. The van der Waals surface area contributed by atoms with Crippen molar-refractivity contribution < 1.29 is 29.2 Å². The molecular weight excluding hydrogens is 300 g/mol. The van der Waals surface area contributed by atoms with Crippen molar-refractivity contribution in [1.29, 1.82) is 0 Å². The molecule has 2 aromatic rings. The molecular formula is C17H18O6.